The first-order valence-corrected chi connectivity index (χ1v) is 13.8. The summed E-state index contributed by atoms with van der Waals surface area (Å²) < 4.78 is 56.2. The van der Waals surface area contributed by atoms with E-state index in [0.29, 0.717) is 21.2 Å². The summed E-state index contributed by atoms with van der Waals surface area (Å²) in [6, 6.07) is 6.49. The molecule has 3 atom stereocenters. The number of carboxylic acids is 1. The number of benzene rings is 2. The second-order valence-corrected chi connectivity index (χ2v) is 11.6. The van der Waals surface area contributed by atoms with Crippen LogP contribution in [0.3, 0.4) is 0 Å². The maximum Gasteiger partial charge on any atom is 0.335 e. The van der Waals surface area contributed by atoms with Gasteiger partial charge in [-0.05, 0) is 62.8 Å². The molecule has 1 unspecified atom stereocenters. The highest BCUT2D eigenvalue weighted by atomic mass is 32.1. The fourth-order valence-electron chi connectivity index (χ4n) is 6.04. The Morgan fingerprint density at radius 2 is 1.79 bits per heavy atom. The zero-order chi connectivity index (χ0) is 26.8. The number of halogens is 3. The van der Waals surface area contributed by atoms with Gasteiger partial charge in [-0.2, -0.15) is 0 Å². The van der Waals surface area contributed by atoms with E-state index in [1.807, 2.05) is 0 Å². The number of hydrogen-bond donors (Lipinski definition) is 1. The van der Waals surface area contributed by atoms with Crippen molar-refractivity contribution in [2.75, 3.05) is 4.90 Å². The molecule has 0 radical (unpaired) electrons. The lowest BCUT2D eigenvalue weighted by atomic mass is 10.00. The Hall–Kier alpha value is -3.44. The van der Waals surface area contributed by atoms with Crippen LogP contribution in [0.2, 0.25) is 0 Å². The smallest absolute Gasteiger partial charge is 0.335 e. The standard InChI is InChI=1S/C28H24F3N3O4S/c29-19-2-1-3-20(30)23(19)24-18(26(38-33-24)13-4-5-13)12-37-17-10-15-6-7-16(11-17)34(15)28-32-25-21(31)8-14(27(35)36)9-22(25)39-28/h1-3,8-9,13,15-17H,4-7,10-12H2,(H,35,36)/t15-,16?,17-/m0/s1. The van der Waals surface area contributed by atoms with E-state index in [4.69, 9.17) is 9.26 Å². The van der Waals surface area contributed by atoms with Gasteiger partial charge in [0.2, 0.25) is 0 Å². The van der Waals surface area contributed by atoms with Gasteiger partial charge in [-0.3, -0.25) is 0 Å². The van der Waals surface area contributed by atoms with E-state index in [9.17, 15) is 23.1 Å². The van der Waals surface area contributed by atoms with Crippen molar-refractivity contribution in [2.45, 2.75) is 69.2 Å². The molecule has 0 amide bonds. The Morgan fingerprint density at radius 1 is 1.08 bits per heavy atom. The molecule has 7 nitrogen and oxygen atoms in total. The lowest BCUT2D eigenvalue weighted by molar-refractivity contribution is 0.0147. The maximum atomic E-state index is 14.6. The van der Waals surface area contributed by atoms with Crippen molar-refractivity contribution >= 4 is 32.7 Å². The van der Waals surface area contributed by atoms with Gasteiger partial charge in [0, 0.05) is 23.6 Å². The quantitative estimate of drug-likeness (QED) is 0.273. The van der Waals surface area contributed by atoms with Gasteiger partial charge in [0.15, 0.2) is 10.9 Å². The van der Waals surface area contributed by atoms with Crippen LogP contribution in [0.15, 0.2) is 34.9 Å². The molecule has 11 heteroatoms. The summed E-state index contributed by atoms with van der Waals surface area (Å²) in [6.45, 7) is 0.146. The van der Waals surface area contributed by atoms with Gasteiger partial charge >= 0.3 is 5.97 Å². The van der Waals surface area contributed by atoms with E-state index in [-0.39, 0.29) is 53.0 Å². The Morgan fingerprint density at radius 3 is 2.46 bits per heavy atom. The van der Waals surface area contributed by atoms with Gasteiger partial charge in [-0.1, -0.05) is 22.6 Å². The molecule has 202 valence electrons. The van der Waals surface area contributed by atoms with Gasteiger partial charge in [-0.15, -0.1) is 0 Å². The topological polar surface area (TPSA) is 88.7 Å². The first kappa shape index (κ1) is 24.6. The molecule has 2 aliphatic heterocycles. The lowest BCUT2D eigenvalue weighted by Crippen LogP contribution is -2.45. The molecule has 2 aromatic carbocycles. The molecule has 39 heavy (non-hydrogen) atoms. The van der Waals surface area contributed by atoms with Crippen LogP contribution in [0.25, 0.3) is 21.5 Å². The van der Waals surface area contributed by atoms with Crippen molar-refractivity contribution < 1.29 is 32.3 Å². The molecule has 7 rings (SSSR count). The second kappa shape index (κ2) is 9.34. The van der Waals surface area contributed by atoms with E-state index < -0.39 is 23.4 Å². The molecule has 4 heterocycles. The summed E-state index contributed by atoms with van der Waals surface area (Å²) >= 11 is 1.30. The number of thiazole rings is 1. The summed E-state index contributed by atoms with van der Waals surface area (Å²) in [7, 11) is 0. The van der Waals surface area contributed by atoms with Gasteiger partial charge in [0.25, 0.3) is 0 Å². The average molecular weight is 556 g/mol. The van der Waals surface area contributed by atoms with Crippen molar-refractivity contribution in [3.63, 3.8) is 0 Å². The number of rotatable bonds is 7. The van der Waals surface area contributed by atoms with Crippen LogP contribution in [-0.2, 0) is 11.3 Å². The van der Waals surface area contributed by atoms with Crippen molar-refractivity contribution in [1.29, 1.82) is 0 Å². The van der Waals surface area contributed by atoms with Crippen LogP contribution in [-0.4, -0.2) is 39.4 Å². The summed E-state index contributed by atoms with van der Waals surface area (Å²) in [6.07, 6.45) is 5.14. The minimum Gasteiger partial charge on any atom is -0.478 e. The van der Waals surface area contributed by atoms with Crippen LogP contribution in [0.1, 0.15) is 66.1 Å². The highest BCUT2D eigenvalue weighted by Gasteiger charge is 2.43. The van der Waals surface area contributed by atoms with Gasteiger partial charge in [0.05, 0.1) is 28.5 Å². The third-order valence-electron chi connectivity index (χ3n) is 8.02. The molecule has 2 bridgehead atoms. The number of ether oxygens (including phenoxy) is 1. The number of aromatic nitrogens is 2. The number of fused-ring (bicyclic) bond motifs is 3. The molecular formula is C28H24F3N3O4S. The first-order valence-electron chi connectivity index (χ1n) is 13.0. The number of carboxylic acid groups (broad SMARTS) is 1. The molecule has 0 spiro atoms. The van der Waals surface area contributed by atoms with E-state index in [1.54, 1.807) is 0 Å². The number of carbonyl (C=O) groups is 1. The Bertz CT molecular complexity index is 1570. The van der Waals surface area contributed by atoms with Crippen LogP contribution in [0.4, 0.5) is 18.3 Å². The minimum atomic E-state index is -1.18. The van der Waals surface area contributed by atoms with E-state index in [0.717, 1.165) is 44.6 Å². The SMILES string of the molecule is O=C(O)c1cc(F)c2nc(N3C4CC[C@H]3C[C@H](OCc3c(-c5c(F)cccc5F)noc3C3CC3)C4)sc2c1. The van der Waals surface area contributed by atoms with Crippen LogP contribution >= 0.6 is 11.3 Å². The Kier molecular flexibility index (Phi) is 5.89. The molecule has 2 saturated heterocycles. The average Bonchev–Trinajstić information content (AvgIpc) is 3.42. The number of aromatic carboxylic acids is 1. The van der Waals surface area contributed by atoms with Crippen LogP contribution in [0.5, 0.6) is 0 Å². The highest BCUT2D eigenvalue weighted by Crippen LogP contribution is 2.46. The minimum absolute atomic E-state index is 0.0799. The van der Waals surface area contributed by atoms with Gasteiger partial charge in [-0.25, -0.2) is 22.9 Å². The number of hydrogen-bond acceptors (Lipinski definition) is 7. The third kappa shape index (κ3) is 4.28. The predicted octanol–water partition coefficient (Wildman–Crippen LogP) is 6.66. The Balaban J connectivity index is 1.11. The van der Waals surface area contributed by atoms with Crippen LogP contribution < -0.4 is 4.90 Å². The van der Waals surface area contributed by atoms with E-state index >= 15 is 0 Å². The molecule has 1 N–H and O–H groups in total. The van der Waals surface area contributed by atoms with Crippen LogP contribution in [0, 0.1) is 17.5 Å². The van der Waals surface area contributed by atoms with E-state index in [1.165, 1.54) is 35.6 Å². The lowest BCUT2D eigenvalue weighted by Gasteiger charge is -2.38. The zero-order valence-corrected chi connectivity index (χ0v) is 21.5. The van der Waals surface area contributed by atoms with Crippen molar-refractivity contribution in [3.8, 4) is 11.3 Å². The molecule has 1 saturated carbocycles. The number of piperidine rings is 1. The van der Waals surface area contributed by atoms with E-state index in [2.05, 4.69) is 15.0 Å². The number of anilines is 1. The first-order chi connectivity index (χ1) is 18.9. The Labute approximate surface area is 225 Å². The van der Waals surface area contributed by atoms with Crippen molar-refractivity contribution in [2.24, 2.45) is 0 Å². The molecule has 2 aromatic heterocycles. The summed E-state index contributed by atoms with van der Waals surface area (Å²) in [5.74, 6) is -2.37. The second-order valence-electron chi connectivity index (χ2n) is 10.5. The summed E-state index contributed by atoms with van der Waals surface area (Å²) in [5.41, 5.74) is 0.651. The van der Waals surface area contributed by atoms with Crippen molar-refractivity contribution in [1.82, 2.24) is 10.1 Å². The van der Waals surface area contributed by atoms with Gasteiger partial charge < -0.3 is 19.3 Å². The van der Waals surface area contributed by atoms with Crippen molar-refractivity contribution in [3.05, 3.63) is 64.7 Å². The molecule has 1 aliphatic carbocycles. The summed E-state index contributed by atoms with van der Waals surface area (Å²) in [4.78, 5) is 18.1. The maximum absolute atomic E-state index is 14.6. The number of nitrogens with zero attached hydrogens (tertiary/aromatic N) is 3. The van der Waals surface area contributed by atoms with Gasteiger partial charge in [0.1, 0.15) is 28.6 Å². The predicted molar refractivity (Wildman–Crippen MR) is 137 cm³/mol. The normalized spacial score (nSPS) is 22.6. The molecule has 3 fully saturated rings. The fourth-order valence-corrected chi connectivity index (χ4v) is 7.20. The highest BCUT2D eigenvalue weighted by molar-refractivity contribution is 7.22. The largest absolute Gasteiger partial charge is 0.478 e. The monoisotopic (exact) mass is 555 g/mol. The molecule has 4 aromatic rings. The molecule has 3 aliphatic rings. The zero-order valence-electron chi connectivity index (χ0n) is 20.7. The fraction of sp³-hybridized carbons (Fsp3) is 0.393. The molecular weight excluding hydrogens is 531 g/mol. The third-order valence-corrected chi connectivity index (χ3v) is 9.04. The summed E-state index contributed by atoms with van der Waals surface area (Å²) in [5, 5.41) is 14.0.